The van der Waals surface area contributed by atoms with Crippen LogP contribution in [0.25, 0.3) is 10.6 Å². The molecule has 0 saturated carbocycles. The lowest BCUT2D eigenvalue weighted by atomic mass is 9.98. The summed E-state index contributed by atoms with van der Waals surface area (Å²) < 4.78 is 0. The first-order chi connectivity index (χ1) is 14.2. The number of aromatic nitrogens is 2. The molecule has 0 aliphatic rings. The quantitative estimate of drug-likeness (QED) is 0.452. The summed E-state index contributed by atoms with van der Waals surface area (Å²) in [6, 6.07) is 19.9. The first-order valence-electron chi connectivity index (χ1n) is 9.27. The van der Waals surface area contributed by atoms with E-state index in [1.165, 1.54) is 0 Å². The highest BCUT2D eigenvalue weighted by atomic mass is 32.1. The van der Waals surface area contributed by atoms with E-state index in [2.05, 4.69) is 15.3 Å². The van der Waals surface area contributed by atoms with Crippen molar-refractivity contribution < 1.29 is 9.59 Å². The minimum Gasteiger partial charge on any atom is -0.352 e. The van der Waals surface area contributed by atoms with Gasteiger partial charge in [0.05, 0.1) is 16.8 Å². The maximum Gasteiger partial charge on any atom is 0.252 e. The van der Waals surface area contributed by atoms with Crippen LogP contribution < -0.4 is 5.32 Å². The van der Waals surface area contributed by atoms with E-state index < -0.39 is 0 Å². The number of nitrogens with zero attached hydrogens (tertiary/aromatic N) is 1. The molecule has 1 amide bonds. The molecule has 29 heavy (non-hydrogen) atoms. The predicted molar refractivity (Wildman–Crippen MR) is 114 cm³/mol. The Hall–Kier alpha value is -3.51. The molecule has 6 heteroatoms. The van der Waals surface area contributed by atoms with Crippen LogP contribution in [0.15, 0.2) is 78.4 Å². The van der Waals surface area contributed by atoms with Gasteiger partial charge in [-0.15, -0.1) is 11.3 Å². The van der Waals surface area contributed by atoms with Crippen LogP contribution in [0.2, 0.25) is 0 Å². The number of nitrogens with one attached hydrogen (secondary N) is 2. The minimum atomic E-state index is -0.262. The van der Waals surface area contributed by atoms with Gasteiger partial charge >= 0.3 is 0 Å². The second-order valence-electron chi connectivity index (χ2n) is 6.45. The highest BCUT2D eigenvalue weighted by Gasteiger charge is 2.18. The molecule has 2 heterocycles. The molecule has 5 nitrogen and oxygen atoms in total. The Morgan fingerprint density at radius 3 is 2.45 bits per heavy atom. The molecule has 4 aromatic rings. The van der Waals surface area contributed by atoms with Gasteiger partial charge < -0.3 is 10.3 Å². The van der Waals surface area contributed by atoms with Gasteiger partial charge in [-0.25, -0.2) is 4.98 Å². The van der Waals surface area contributed by atoms with E-state index in [0.717, 1.165) is 16.3 Å². The third-order valence-electron chi connectivity index (χ3n) is 4.59. The van der Waals surface area contributed by atoms with Crippen molar-refractivity contribution in [2.24, 2.45) is 0 Å². The normalized spacial score (nSPS) is 10.6. The molecule has 0 radical (unpaired) electrons. The number of thiophene rings is 1. The highest BCUT2D eigenvalue weighted by molar-refractivity contribution is 7.13. The summed E-state index contributed by atoms with van der Waals surface area (Å²) in [5, 5.41) is 4.93. The lowest BCUT2D eigenvalue weighted by Gasteiger charge is -2.10. The van der Waals surface area contributed by atoms with Crippen LogP contribution >= 0.6 is 11.3 Å². The van der Waals surface area contributed by atoms with E-state index in [0.29, 0.717) is 29.7 Å². The molecule has 0 spiro atoms. The van der Waals surface area contributed by atoms with Gasteiger partial charge in [-0.2, -0.15) is 0 Å². The molecule has 4 rings (SSSR count). The van der Waals surface area contributed by atoms with Gasteiger partial charge in [-0.05, 0) is 17.5 Å². The Labute approximate surface area is 172 Å². The second-order valence-corrected chi connectivity index (χ2v) is 7.40. The zero-order valence-electron chi connectivity index (χ0n) is 15.6. The zero-order valence-corrected chi connectivity index (χ0v) is 16.4. The largest absolute Gasteiger partial charge is 0.352 e. The second kappa shape index (κ2) is 8.67. The van der Waals surface area contributed by atoms with Crippen molar-refractivity contribution >= 4 is 23.0 Å². The average Bonchev–Trinajstić information content (AvgIpc) is 3.45. The number of amides is 1. The molecule has 0 atom stereocenters. The molecule has 2 aromatic heterocycles. The maximum atomic E-state index is 12.8. The SMILES string of the molecule is O=C(NCCc1[nH]cnc1-c1cccs1)c1ccccc1C(=O)c1ccccc1. The van der Waals surface area contributed by atoms with Crippen molar-refractivity contribution in [2.75, 3.05) is 6.54 Å². The van der Waals surface area contributed by atoms with Crippen LogP contribution in [0.3, 0.4) is 0 Å². The Balaban J connectivity index is 1.45. The number of H-pyrrole nitrogens is 1. The van der Waals surface area contributed by atoms with Crippen molar-refractivity contribution in [2.45, 2.75) is 6.42 Å². The smallest absolute Gasteiger partial charge is 0.252 e. The number of hydrogen-bond donors (Lipinski definition) is 2. The van der Waals surface area contributed by atoms with E-state index in [-0.39, 0.29) is 11.7 Å². The minimum absolute atomic E-state index is 0.162. The molecule has 144 valence electrons. The standard InChI is InChI=1S/C23H19N3O2S/c27-22(16-7-2-1-3-8-16)17-9-4-5-10-18(17)23(28)24-13-12-19-21(26-15-25-19)20-11-6-14-29-20/h1-11,14-15H,12-13H2,(H,24,28)(H,25,26). The number of carbonyl (C=O) groups excluding carboxylic acids is 2. The molecule has 2 aromatic carbocycles. The Morgan fingerprint density at radius 2 is 1.69 bits per heavy atom. The molecular formula is C23H19N3O2S. The Morgan fingerprint density at radius 1 is 0.931 bits per heavy atom. The summed E-state index contributed by atoms with van der Waals surface area (Å²) >= 11 is 1.63. The molecule has 0 unspecified atom stereocenters. The average molecular weight is 401 g/mol. The van der Waals surface area contributed by atoms with Gasteiger partial charge in [-0.3, -0.25) is 9.59 Å². The van der Waals surface area contributed by atoms with Gasteiger partial charge in [-0.1, -0.05) is 54.6 Å². The number of rotatable bonds is 7. The lowest BCUT2D eigenvalue weighted by molar-refractivity contribution is 0.0942. The molecule has 2 N–H and O–H groups in total. The van der Waals surface area contributed by atoms with E-state index in [1.807, 2.05) is 35.7 Å². The number of carbonyl (C=O) groups is 2. The van der Waals surface area contributed by atoms with Gasteiger partial charge in [0.15, 0.2) is 5.78 Å². The van der Waals surface area contributed by atoms with Crippen LogP contribution in [-0.2, 0) is 6.42 Å². The molecule has 0 aliphatic carbocycles. The molecule has 0 aliphatic heterocycles. The van der Waals surface area contributed by atoms with E-state index in [1.54, 1.807) is 54.1 Å². The molecule has 0 saturated heterocycles. The van der Waals surface area contributed by atoms with E-state index in [4.69, 9.17) is 0 Å². The van der Waals surface area contributed by atoms with Gasteiger partial charge in [0.2, 0.25) is 0 Å². The predicted octanol–water partition coefficient (Wildman–Crippen LogP) is 4.34. The summed E-state index contributed by atoms with van der Waals surface area (Å²) in [6.45, 7) is 0.438. The van der Waals surface area contributed by atoms with Crippen LogP contribution in [-0.4, -0.2) is 28.2 Å². The maximum absolute atomic E-state index is 12.8. The first-order valence-corrected chi connectivity index (χ1v) is 10.1. The molecule has 0 bridgehead atoms. The third-order valence-corrected chi connectivity index (χ3v) is 5.46. The van der Waals surface area contributed by atoms with Crippen molar-refractivity contribution in [1.82, 2.24) is 15.3 Å². The van der Waals surface area contributed by atoms with Gasteiger partial charge in [0.1, 0.15) is 5.69 Å². The van der Waals surface area contributed by atoms with Gasteiger partial charge in [0, 0.05) is 29.8 Å². The Kier molecular flexibility index (Phi) is 5.63. The first kappa shape index (κ1) is 18.8. The van der Waals surface area contributed by atoms with Crippen LogP contribution in [0.4, 0.5) is 0 Å². The van der Waals surface area contributed by atoms with Crippen molar-refractivity contribution in [3.8, 4) is 10.6 Å². The number of aromatic amines is 1. The van der Waals surface area contributed by atoms with Crippen molar-refractivity contribution in [3.63, 3.8) is 0 Å². The summed E-state index contributed by atoms with van der Waals surface area (Å²) in [6.07, 6.45) is 2.29. The summed E-state index contributed by atoms with van der Waals surface area (Å²) in [4.78, 5) is 34.2. The zero-order chi connectivity index (χ0) is 20.1. The number of benzene rings is 2. The molecule has 0 fully saturated rings. The van der Waals surface area contributed by atoms with Crippen LogP contribution in [0, 0.1) is 0 Å². The topological polar surface area (TPSA) is 74.8 Å². The van der Waals surface area contributed by atoms with Crippen LogP contribution in [0.1, 0.15) is 32.0 Å². The summed E-state index contributed by atoms with van der Waals surface area (Å²) in [7, 11) is 0. The highest BCUT2D eigenvalue weighted by Crippen LogP contribution is 2.25. The third kappa shape index (κ3) is 4.17. The summed E-state index contributed by atoms with van der Waals surface area (Å²) in [5.74, 6) is -0.424. The van der Waals surface area contributed by atoms with E-state index >= 15 is 0 Å². The summed E-state index contributed by atoms with van der Waals surface area (Å²) in [5.41, 5.74) is 3.22. The van der Waals surface area contributed by atoms with Crippen molar-refractivity contribution in [3.05, 3.63) is 101 Å². The number of hydrogen-bond acceptors (Lipinski definition) is 4. The fourth-order valence-corrected chi connectivity index (χ4v) is 3.91. The fourth-order valence-electron chi connectivity index (χ4n) is 3.16. The monoisotopic (exact) mass is 401 g/mol. The van der Waals surface area contributed by atoms with Gasteiger partial charge in [0.25, 0.3) is 5.91 Å². The Bertz CT molecular complexity index is 1120. The molecular weight excluding hydrogens is 382 g/mol. The lowest BCUT2D eigenvalue weighted by Crippen LogP contribution is -2.27. The number of ketones is 1. The van der Waals surface area contributed by atoms with Crippen LogP contribution in [0.5, 0.6) is 0 Å². The van der Waals surface area contributed by atoms with E-state index in [9.17, 15) is 9.59 Å². The number of imidazole rings is 1. The fraction of sp³-hybridized carbons (Fsp3) is 0.0870. The van der Waals surface area contributed by atoms with Crippen molar-refractivity contribution in [1.29, 1.82) is 0 Å².